The summed E-state index contributed by atoms with van der Waals surface area (Å²) in [7, 11) is 1.61. The van der Waals surface area contributed by atoms with Crippen molar-refractivity contribution in [3.63, 3.8) is 0 Å². The molecule has 0 bridgehead atoms. The second-order valence-corrected chi connectivity index (χ2v) is 7.74. The third-order valence-corrected chi connectivity index (χ3v) is 5.09. The Morgan fingerprint density at radius 2 is 2.00 bits per heavy atom. The van der Waals surface area contributed by atoms with Crippen LogP contribution in [0.3, 0.4) is 0 Å². The number of fused-ring (bicyclic) bond motifs is 1. The minimum absolute atomic E-state index is 0.130. The fourth-order valence-corrected chi connectivity index (χ4v) is 3.69. The maximum Gasteiger partial charge on any atom is 0.259 e. The molecule has 8 nitrogen and oxygen atoms in total. The average Bonchev–Trinajstić information content (AvgIpc) is 3.29. The number of methoxy groups -OCH3 is 1. The number of nitrogens with zero attached hydrogens (tertiary/aromatic N) is 4. The molecule has 0 aliphatic rings. The van der Waals surface area contributed by atoms with Crippen molar-refractivity contribution in [2.24, 2.45) is 0 Å². The highest BCUT2D eigenvalue weighted by atomic mass is 16.5. The molecule has 0 saturated carbocycles. The Morgan fingerprint density at radius 1 is 1.19 bits per heavy atom. The van der Waals surface area contributed by atoms with E-state index in [9.17, 15) is 4.79 Å². The van der Waals surface area contributed by atoms with Crippen molar-refractivity contribution in [1.29, 1.82) is 0 Å². The van der Waals surface area contributed by atoms with Crippen LogP contribution >= 0.6 is 0 Å². The first kappa shape index (κ1) is 20.6. The van der Waals surface area contributed by atoms with Crippen LogP contribution in [0.4, 0.5) is 0 Å². The average molecular weight is 419 g/mol. The van der Waals surface area contributed by atoms with Gasteiger partial charge in [-0.05, 0) is 52.0 Å². The Kier molecular flexibility index (Phi) is 5.46. The highest BCUT2D eigenvalue weighted by Crippen LogP contribution is 2.32. The Morgan fingerprint density at radius 3 is 2.71 bits per heavy atom. The van der Waals surface area contributed by atoms with Gasteiger partial charge in [-0.15, -0.1) is 0 Å². The predicted octanol–water partition coefficient (Wildman–Crippen LogP) is 3.84. The first-order chi connectivity index (χ1) is 14.9. The Hall–Kier alpha value is -3.68. The summed E-state index contributed by atoms with van der Waals surface area (Å²) in [5.41, 5.74) is 4.83. The van der Waals surface area contributed by atoms with Gasteiger partial charge in [0.25, 0.3) is 11.6 Å². The number of carbonyl (C=O) groups is 1. The number of rotatable bonds is 6. The van der Waals surface area contributed by atoms with Crippen molar-refractivity contribution in [2.75, 3.05) is 7.11 Å². The number of aromatic nitrogens is 4. The van der Waals surface area contributed by atoms with Gasteiger partial charge in [0, 0.05) is 23.0 Å². The van der Waals surface area contributed by atoms with E-state index in [0.29, 0.717) is 40.3 Å². The van der Waals surface area contributed by atoms with Gasteiger partial charge in [-0.25, -0.2) is 4.98 Å². The summed E-state index contributed by atoms with van der Waals surface area (Å²) in [5.74, 6) is 0.482. The number of aryl methyl sites for hydroxylation is 3. The molecule has 3 heterocycles. The first-order valence-corrected chi connectivity index (χ1v) is 10.1. The molecule has 3 aromatic heterocycles. The van der Waals surface area contributed by atoms with E-state index < -0.39 is 0 Å². The molecule has 0 spiro atoms. The number of nitrogens with one attached hydrogen (secondary N) is 1. The molecule has 1 unspecified atom stereocenters. The Labute approximate surface area is 180 Å². The number of ether oxygens (including phenoxy) is 1. The summed E-state index contributed by atoms with van der Waals surface area (Å²) >= 11 is 0. The molecule has 1 aromatic carbocycles. The van der Waals surface area contributed by atoms with Crippen molar-refractivity contribution in [3.8, 4) is 17.0 Å². The van der Waals surface area contributed by atoms with E-state index in [1.54, 1.807) is 13.2 Å². The van der Waals surface area contributed by atoms with Gasteiger partial charge in [-0.1, -0.05) is 17.3 Å². The molecule has 0 aliphatic heterocycles. The molecule has 0 radical (unpaired) electrons. The number of pyridine rings is 1. The summed E-state index contributed by atoms with van der Waals surface area (Å²) in [6.45, 7) is 8.31. The van der Waals surface area contributed by atoms with Gasteiger partial charge >= 0.3 is 0 Å². The summed E-state index contributed by atoms with van der Waals surface area (Å²) in [6.07, 6.45) is 0. The smallest absolute Gasteiger partial charge is 0.259 e. The molecule has 0 saturated heterocycles. The van der Waals surface area contributed by atoms with Crippen LogP contribution in [0.2, 0.25) is 0 Å². The lowest BCUT2D eigenvalue weighted by atomic mass is 10.0. The van der Waals surface area contributed by atoms with Gasteiger partial charge in [0.2, 0.25) is 0 Å². The maximum atomic E-state index is 13.2. The van der Waals surface area contributed by atoms with Gasteiger partial charge < -0.3 is 14.6 Å². The molecule has 1 N–H and O–H groups in total. The molecule has 1 atom stereocenters. The lowest BCUT2D eigenvalue weighted by Crippen LogP contribution is -2.36. The van der Waals surface area contributed by atoms with E-state index in [0.717, 1.165) is 17.0 Å². The lowest BCUT2D eigenvalue weighted by Gasteiger charge is -2.16. The summed E-state index contributed by atoms with van der Waals surface area (Å²) in [5, 5.41) is 12.3. The minimum Gasteiger partial charge on any atom is -0.497 e. The third kappa shape index (κ3) is 4.14. The third-order valence-electron chi connectivity index (χ3n) is 5.09. The quantitative estimate of drug-likeness (QED) is 0.510. The van der Waals surface area contributed by atoms with Gasteiger partial charge in [0.15, 0.2) is 0 Å². The van der Waals surface area contributed by atoms with Crippen LogP contribution in [-0.2, 0) is 6.54 Å². The van der Waals surface area contributed by atoms with E-state index in [1.165, 1.54) is 0 Å². The zero-order valence-electron chi connectivity index (χ0n) is 18.3. The molecule has 1 amide bonds. The summed E-state index contributed by atoms with van der Waals surface area (Å²) in [6, 6.07) is 11.1. The zero-order chi connectivity index (χ0) is 22.1. The molecule has 4 rings (SSSR count). The van der Waals surface area contributed by atoms with Crippen LogP contribution in [0.25, 0.3) is 22.4 Å². The Balaban J connectivity index is 1.68. The van der Waals surface area contributed by atoms with Crippen LogP contribution in [0.1, 0.15) is 34.4 Å². The van der Waals surface area contributed by atoms with E-state index in [4.69, 9.17) is 9.26 Å². The monoisotopic (exact) mass is 419 g/mol. The molecule has 31 heavy (non-hydrogen) atoms. The van der Waals surface area contributed by atoms with Gasteiger partial charge in [0.1, 0.15) is 11.4 Å². The number of hydrogen-bond donors (Lipinski definition) is 1. The Bertz CT molecular complexity index is 1260. The van der Waals surface area contributed by atoms with Crippen molar-refractivity contribution < 1.29 is 14.1 Å². The molecule has 4 aromatic rings. The molecular weight excluding hydrogens is 394 g/mol. The van der Waals surface area contributed by atoms with Crippen LogP contribution < -0.4 is 10.1 Å². The number of benzene rings is 1. The largest absolute Gasteiger partial charge is 0.497 e. The van der Waals surface area contributed by atoms with Crippen LogP contribution in [-0.4, -0.2) is 39.0 Å². The molecule has 0 aliphatic carbocycles. The first-order valence-electron chi connectivity index (χ1n) is 10.1. The van der Waals surface area contributed by atoms with Gasteiger partial charge in [0.05, 0.1) is 30.3 Å². The van der Waals surface area contributed by atoms with Crippen molar-refractivity contribution in [1.82, 2.24) is 25.2 Å². The predicted molar refractivity (Wildman–Crippen MR) is 117 cm³/mol. The van der Waals surface area contributed by atoms with Crippen LogP contribution in [0, 0.1) is 20.8 Å². The fraction of sp³-hybridized carbons (Fsp3) is 0.304. The van der Waals surface area contributed by atoms with Crippen molar-refractivity contribution in [3.05, 3.63) is 59.0 Å². The summed E-state index contributed by atoms with van der Waals surface area (Å²) < 4.78 is 12.7. The van der Waals surface area contributed by atoms with Crippen LogP contribution in [0.5, 0.6) is 5.75 Å². The van der Waals surface area contributed by atoms with E-state index in [1.807, 2.05) is 62.7 Å². The summed E-state index contributed by atoms with van der Waals surface area (Å²) in [4.78, 5) is 17.7. The normalized spacial score (nSPS) is 12.2. The molecular formula is C23H25N5O3. The topological polar surface area (TPSA) is 95.1 Å². The SMILES string of the molecule is COc1cccc(-c2noc3nc(C)cc(C(=O)NC(C)Cn4nc(C)cc4C)c23)c1. The molecule has 160 valence electrons. The molecule has 8 heteroatoms. The van der Waals surface area contributed by atoms with E-state index >= 15 is 0 Å². The minimum atomic E-state index is -0.211. The second-order valence-electron chi connectivity index (χ2n) is 7.74. The molecule has 0 fully saturated rings. The maximum absolute atomic E-state index is 13.2. The zero-order valence-corrected chi connectivity index (χ0v) is 18.3. The van der Waals surface area contributed by atoms with Crippen LogP contribution in [0.15, 0.2) is 40.9 Å². The van der Waals surface area contributed by atoms with Crippen molar-refractivity contribution >= 4 is 17.0 Å². The highest BCUT2D eigenvalue weighted by Gasteiger charge is 2.22. The standard InChI is InChI=1S/C23H25N5O3/c1-13-10-19(22(29)24-15(3)12-28-16(4)9-14(2)26-28)20-21(27-31-23(20)25-13)17-7-6-8-18(11-17)30-5/h6-11,15H,12H2,1-5H3,(H,24,29). The van der Waals surface area contributed by atoms with Gasteiger partial charge in [-0.2, -0.15) is 5.10 Å². The van der Waals surface area contributed by atoms with Gasteiger partial charge in [-0.3, -0.25) is 9.48 Å². The number of carbonyl (C=O) groups excluding carboxylic acids is 1. The van der Waals surface area contributed by atoms with E-state index in [2.05, 4.69) is 20.6 Å². The van der Waals surface area contributed by atoms with Crippen molar-refractivity contribution in [2.45, 2.75) is 40.3 Å². The number of amides is 1. The van der Waals surface area contributed by atoms with E-state index in [-0.39, 0.29) is 11.9 Å². The second kappa shape index (κ2) is 8.22. The fourth-order valence-electron chi connectivity index (χ4n) is 3.69. The number of hydrogen-bond acceptors (Lipinski definition) is 6. The lowest BCUT2D eigenvalue weighted by molar-refractivity contribution is 0.0937. The highest BCUT2D eigenvalue weighted by molar-refractivity contribution is 6.09.